The SMILES string of the molecule is Cc1ccc(NC(=O)N2CCC(c3nc(-c4ccc(Br)cc4)no3)CC2)cc1C. The number of aryl methyl sites for hydroxylation is 2. The first kappa shape index (κ1) is 19.6. The summed E-state index contributed by atoms with van der Waals surface area (Å²) >= 11 is 3.43. The first-order chi connectivity index (χ1) is 14.0. The van der Waals surface area contributed by atoms with Crippen LogP contribution >= 0.6 is 15.9 Å². The molecule has 2 heterocycles. The van der Waals surface area contributed by atoms with Crippen molar-refractivity contribution in [2.75, 3.05) is 18.4 Å². The molecule has 7 heteroatoms. The van der Waals surface area contributed by atoms with Crippen LogP contribution in [0.15, 0.2) is 51.5 Å². The van der Waals surface area contributed by atoms with E-state index in [0.717, 1.165) is 28.6 Å². The lowest BCUT2D eigenvalue weighted by Crippen LogP contribution is -2.40. The number of piperidine rings is 1. The van der Waals surface area contributed by atoms with E-state index in [4.69, 9.17) is 4.52 Å². The molecule has 1 aliphatic heterocycles. The van der Waals surface area contributed by atoms with E-state index in [2.05, 4.69) is 38.3 Å². The van der Waals surface area contributed by atoms with Crippen LogP contribution in [0.25, 0.3) is 11.4 Å². The zero-order valence-corrected chi connectivity index (χ0v) is 18.1. The zero-order chi connectivity index (χ0) is 20.4. The Morgan fingerprint density at radius 1 is 1.10 bits per heavy atom. The maximum absolute atomic E-state index is 12.6. The molecule has 0 aliphatic carbocycles. The van der Waals surface area contributed by atoms with E-state index in [0.29, 0.717) is 24.8 Å². The van der Waals surface area contributed by atoms with E-state index < -0.39 is 0 Å². The molecule has 150 valence electrons. The monoisotopic (exact) mass is 454 g/mol. The van der Waals surface area contributed by atoms with Gasteiger partial charge in [0.2, 0.25) is 11.7 Å². The highest BCUT2D eigenvalue weighted by Crippen LogP contribution is 2.29. The smallest absolute Gasteiger partial charge is 0.321 e. The zero-order valence-electron chi connectivity index (χ0n) is 16.5. The van der Waals surface area contributed by atoms with Crippen LogP contribution in [-0.4, -0.2) is 34.2 Å². The molecule has 0 spiro atoms. The van der Waals surface area contributed by atoms with Gasteiger partial charge in [0.1, 0.15) is 0 Å². The molecule has 4 rings (SSSR count). The standard InChI is InChI=1S/C22H23BrN4O2/c1-14-3-8-19(13-15(14)2)24-22(28)27-11-9-17(10-12-27)21-25-20(26-29-21)16-4-6-18(23)7-5-16/h3-8,13,17H,9-12H2,1-2H3,(H,24,28). The third kappa shape index (κ3) is 4.50. The Morgan fingerprint density at radius 3 is 2.52 bits per heavy atom. The summed E-state index contributed by atoms with van der Waals surface area (Å²) in [6.07, 6.45) is 1.62. The Balaban J connectivity index is 1.35. The van der Waals surface area contributed by atoms with Crippen LogP contribution in [0.1, 0.15) is 35.8 Å². The third-order valence-corrected chi connectivity index (χ3v) is 5.96. The van der Waals surface area contributed by atoms with Crippen molar-refractivity contribution in [3.63, 3.8) is 0 Å². The van der Waals surface area contributed by atoms with Gasteiger partial charge in [-0.2, -0.15) is 4.98 Å². The summed E-state index contributed by atoms with van der Waals surface area (Å²) < 4.78 is 6.52. The second-order valence-corrected chi connectivity index (χ2v) is 8.37. The molecule has 1 aliphatic rings. The normalized spacial score (nSPS) is 14.8. The maximum atomic E-state index is 12.6. The molecule has 1 fully saturated rings. The highest BCUT2D eigenvalue weighted by atomic mass is 79.9. The molecule has 3 aromatic rings. The molecule has 1 saturated heterocycles. The van der Waals surface area contributed by atoms with Crippen LogP contribution in [0, 0.1) is 13.8 Å². The summed E-state index contributed by atoms with van der Waals surface area (Å²) in [6.45, 7) is 5.43. The molecular weight excluding hydrogens is 432 g/mol. The van der Waals surface area contributed by atoms with Gasteiger partial charge in [0.15, 0.2) is 0 Å². The van der Waals surface area contributed by atoms with Crippen molar-refractivity contribution in [3.05, 3.63) is 64.0 Å². The minimum absolute atomic E-state index is 0.0622. The number of nitrogens with one attached hydrogen (secondary N) is 1. The van der Waals surface area contributed by atoms with Crippen molar-refractivity contribution in [1.82, 2.24) is 15.0 Å². The second kappa shape index (κ2) is 8.37. The number of urea groups is 1. The van der Waals surface area contributed by atoms with Crippen LogP contribution in [0.2, 0.25) is 0 Å². The number of rotatable bonds is 3. The van der Waals surface area contributed by atoms with E-state index in [1.807, 2.05) is 54.3 Å². The fourth-order valence-corrected chi connectivity index (χ4v) is 3.73. The van der Waals surface area contributed by atoms with Crippen molar-refractivity contribution in [3.8, 4) is 11.4 Å². The van der Waals surface area contributed by atoms with Crippen LogP contribution in [0.3, 0.4) is 0 Å². The third-order valence-electron chi connectivity index (χ3n) is 5.43. The first-order valence-corrected chi connectivity index (χ1v) is 10.5. The molecule has 29 heavy (non-hydrogen) atoms. The van der Waals surface area contributed by atoms with Gasteiger partial charge in [0.25, 0.3) is 0 Å². The summed E-state index contributed by atoms with van der Waals surface area (Å²) in [4.78, 5) is 19.0. The molecule has 0 radical (unpaired) electrons. The van der Waals surface area contributed by atoms with Gasteiger partial charge in [0.05, 0.1) is 0 Å². The van der Waals surface area contributed by atoms with Gasteiger partial charge >= 0.3 is 6.03 Å². The van der Waals surface area contributed by atoms with Crippen molar-refractivity contribution in [2.45, 2.75) is 32.6 Å². The van der Waals surface area contributed by atoms with E-state index in [1.165, 1.54) is 11.1 Å². The van der Waals surface area contributed by atoms with E-state index in [1.54, 1.807) is 0 Å². The summed E-state index contributed by atoms with van der Waals surface area (Å²) in [5.74, 6) is 1.43. The van der Waals surface area contributed by atoms with Crippen molar-refractivity contribution < 1.29 is 9.32 Å². The van der Waals surface area contributed by atoms with Gasteiger partial charge < -0.3 is 14.7 Å². The topological polar surface area (TPSA) is 71.3 Å². The van der Waals surface area contributed by atoms with E-state index >= 15 is 0 Å². The fraction of sp³-hybridized carbons (Fsp3) is 0.318. The maximum Gasteiger partial charge on any atom is 0.321 e. The molecule has 2 amide bonds. The van der Waals surface area contributed by atoms with Gasteiger partial charge in [-0.25, -0.2) is 4.79 Å². The molecule has 2 aromatic carbocycles. The Bertz CT molecular complexity index is 1010. The largest absolute Gasteiger partial charge is 0.339 e. The number of amides is 2. The lowest BCUT2D eigenvalue weighted by atomic mass is 9.97. The Kier molecular flexibility index (Phi) is 5.67. The van der Waals surface area contributed by atoms with Crippen LogP contribution < -0.4 is 5.32 Å². The number of hydrogen-bond donors (Lipinski definition) is 1. The minimum Gasteiger partial charge on any atom is -0.339 e. The summed E-state index contributed by atoms with van der Waals surface area (Å²) in [5, 5.41) is 7.12. The average molecular weight is 455 g/mol. The number of aromatic nitrogens is 2. The van der Waals surface area contributed by atoms with E-state index in [9.17, 15) is 4.79 Å². The number of anilines is 1. The Morgan fingerprint density at radius 2 is 1.83 bits per heavy atom. The van der Waals surface area contributed by atoms with Crippen LogP contribution in [-0.2, 0) is 0 Å². The molecule has 1 aromatic heterocycles. The molecule has 1 N–H and O–H groups in total. The summed E-state index contributed by atoms with van der Waals surface area (Å²) in [7, 11) is 0. The van der Waals surface area contributed by atoms with Crippen LogP contribution in [0.5, 0.6) is 0 Å². The van der Waals surface area contributed by atoms with Gasteiger partial charge in [-0.1, -0.05) is 27.2 Å². The number of carbonyl (C=O) groups excluding carboxylic acids is 1. The number of halogens is 1. The van der Waals surface area contributed by atoms with Gasteiger partial charge in [-0.05, 0) is 74.2 Å². The summed E-state index contributed by atoms with van der Waals surface area (Å²) in [6, 6.07) is 13.7. The predicted molar refractivity (Wildman–Crippen MR) is 116 cm³/mol. The van der Waals surface area contributed by atoms with Gasteiger partial charge in [0, 0.05) is 34.7 Å². The van der Waals surface area contributed by atoms with Crippen molar-refractivity contribution in [1.29, 1.82) is 0 Å². The Hall–Kier alpha value is -2.67. The van der Waals surface area contributed by atoms with Crippen molar-refractivity contribution in [2.24, 2.45) is 0 Å². The van der Waals surface area contributed by atoms with Crippen LogP contribution in [0.4, 0.5) is 10.5 Å². The fourth-order valence-electron chi connectivity index (χ4n) is 3.47. The van der Waals surface area contributed by atoms with Gasteiger partial charge in [-0.15, -0.1) is 0 Å². The minimum atomic E-state index is -0.0622. The lowest BCUT2D eigenvalue weighted by Gasteiger charge is -2.30. The predicted octanol–water partition coefficient (Wildman–Crippen LogP) is 5.53. The van der Waals surface area contributed by atoms with Gasteiger partial charge in [-0.3, -0.25) is 0 Å². The highest BCUT2D eigenvalue weighted by Gasteiger charge is 2.27. The molecule has 0 bridgehead atoms. The molecular formula is C22H23BrN4O2. The second-order valence-electron chi connectivity index (χ2n) is 7.45. The molecule has 0 saturated carbocycles. The lowest BCUT2D eigenvalue weighted by molar-refractivity contribution is 0.187. The quantitative estimate of drug-likeness (QED) is 0.564. The molecule has 6 nitrogen and oxygen atoms in total. The average Bonchev–Trinajstić information content (AvgIpc) is 3.21. The number of benzene rings is 2. The van der Waals surface area contributed by atoms with Crippen molar-refractivity contribution >= 4 is 27.6 Å². The number of likely N-dealkylation sites (tertiary alicyclic amines) is 1. The number of hydrogen-bond acceptors (Lipinski definition) is 4. The summed E-state index contributed by atoms with van der Waals surface area (Å²) in [5.41, 5.74) is 4.13. The highest BCUT2D eigenvalue weighted by molar-refractivity contribution is 9.10. The number of carbonyl (C=O) groups is 1. The van der Waals surface area contributed by atoms with E-state index in [-0.39, 0.29) is 11.9 Å². The molecule has 0 unspecified atom stereocenters. The Labute approximate surface area is 178 Å². The first-order valence-electron chi connectivity index (χ1n) is 9.72. The molecule has 0 atom stereocenters. The number of nitrogens with zero attached hydrogens (tertiary/aromatic N) is 3.